The fourth-order valence-corrected chi connectivity index (χ4v) is 3.69. The van der Waals surface area contributed by atoms with Gasteiger partial charge >= 0.3 is 5.97 Å². The van der Waals surface area contributed by atoms with Gasteiger partial charge in [0.15, 0.2) is 0 Å². The molecule has 0 radical (unpaired) electrons. The van der Waals surface area contributed by atoms with E-state index < -0.39 is 23.2 Å². The average molecular weight is 442 g/mol. The van der Waals surface area contributed by atoms with Crippen LogP contribution in [-0.2, 0) is 14.3 Å². The number of imide groups is 1. The molecular weight excluding hydrogens is 422 g/mol. The Labute approximate surface area is 165 Å². The number of ether oxygens (including phenoxy) is 2. The Morgan fingerprint density at radius 3 is 2.58 bits per heavy atom. The highest BCUT2D eigenvalue weighted by molar-refractivity contribution is 9.10. The van der Waals surface area contributed by atoms with E-state index in [9.17, 15) is 14.4 Å². The lowest BCUT2D eigenvalue weighted by Crippen LogP contribution is -2.42. The van der Waals surface area contributed by atoms with Crippen molar-refractivity contribution in [2.24, 2.45) is 0 Å². The molecule has 1 saturated heterocycles. The third-order valence-electron chi connectivity index (χ3n) is 3.45. The smallest absolute Gasteiger partial charge is 0.329 e. The Bertz CT molecular complexity index is 762. The van der Waals surface area contributed by atoms with E-state index in [4.69, 9.17) is 9.47 Å². The maximum atomic E-state index is 12.5. The molecule has 1 aliphatic heterocycles. The second kappa shape index (κ2) is 8.73. The highest BCUT2D eigenvalue weighted by Gasteiger charge is 2.41. The Hall–Kier alpha value is -1.80. The maximum Gasteiger partial charge on any atom is 0.329 e. The maximum absolute atomic E-state index is 12.5. The van der Waals surface area contributed by atoms with Crippen molar-refractivity contribution in [3.05, 3.63) is 33.1 Å². The molecular formula is C18H20BrNO5S. The average Bonchev–Trinajstić information content (AvgIpc) is 2.83. The molecule has 0 bridgehead atoms. The predicted octanol–water partition coefficient (Wildman–Crippen LogP) is 4.22. The van der Waals surface area contributed by atoms with Crippen LogP contribution < -0.4 is 4.74 Å². The molecule has 6 nitrogen and oxygen atoms in total. The SMILES string of the molecule is CCOC(=O)C(C)N1C(=O)SC(=Cc2ccc(OC(C)C)c(Br)c2)C1=O. The van der Waals surface area contributed by atoms with E-state index in [1.807, 2.05) is 13.8 Å². The van der Waals surface area contributed by atoms with Gasteiger partial charge in [-0.1, -0.05) is 6.07 Å². The molecule has 2 rings (SSSR count). The van der Waals surface area contributed by atoms with Crippen LogP contribution >= 0.6 is 27.7 Å². The summed E-state index contributed by atoms with van der Waals surface area (Å²) in [5.74, 6) is -0.408. The summed E-state index contributed by atoms with van der Waals surface area (Å²) in [6.45, 7) is 7.20. The summed E-state index contributed by atoms with van der Waals surface area (Å²) in [6.07, 6.45) is 1.66. The van der Waals surface area contributed by atoms with Crippen molar-refractivity contribution in [3.8, 4) is 5.75 Å². The van der Waals surface area contributed by atoms with E-state index in [0.29, 0.717) is 5.75 Å². The zero-order valence-corrected chi connectivity index (χ0v) is 17.3. The quantitative estimate of drug-likeness (QED) is 0.485. The molecule has 140 valence electrons. The molecule has 0 spiro atoms. The third kappa shape index (κ3) is 4.67. The number of amides is 2. The first-order chi connectivity index (χ1) is 12.2. The van der Waals surface area contributed by atoms with Crippen molar-refractivity contribution >= 4 is 50.9 Å². The van der Waals surface area contributed by atoms with Crippen molar-refractivity contribution < 1.29 is 23.9 Å². The highest BCUT2D eigenvalue weighted by Crippen LogP contribution is 2.35. The number of carbonyl (C=O) groups is 3. The van der Waals surface area contributed by atoms with E-state index in [1.165, 1.54) is 6.92 Å². The fourth-order valence-electron chi connectivity index (χ4n) is 2.29. The molecule has 1 aromatic rings. The zero-order chi connectivity index (χ0) is 19.4. The van der Waals surface area contributed by atoms with Gasteiger partial charge in [0.2, 0.25) is 0 Å². The first kappa shape index (κ1) is 20.5. The first-order valence-corrected chi connectivity index (χ1v) is 9.75. The molecule has 0 aliphatic carbocycles. The van der Waals surface area contributed by atoms with E-state index in [0.717, 1.165) is 26.7 Å². The minimum atomic E-state index is -0.957. The van der Waals surface area contributed by atoms with Crippen LogP contribution in [-0.4, -0.2) is 40.8 Å². The molecule has 0 aromatic heterocycles. The molecule has 0 saturated carbocycles. The van der Waals surface area contributed by atoms with E-state index in [2.05, 4.69) is 15.9 Å². The van der Waals surface area contributed by atoms with Crippen molar-refractivity contribution in [3.63, 3.8) is 0 Å². The number of benzene rings is 1. The van der Waals surface area contributed by atoms with E-state index >= 15 is 0 Å². The van der Waals surface area contributed by atoms with Crippen LogP contribution in [0.4, 0.5) is 4.79 Å². The monoisotopic (exact) mass is 441 g/mol. The van der Waals surface area contributed by atoms with Gasteiger partial charge in [0, 0.05) is 0 Å². The molecule has 0 N–H and O–H groups in total. The molecule has 1 aromatic carbocycles. The lowest BCUT2D eigenvalue weighted by molar-refractivity contribution is -0.150. The number of carbonyl (C=O) groups excluding carboxylic acids is 3. The van der Waals surface area contributed by atoms with Gasteiger partial charge in [0.05, 0.1) is 22.1 Å². The molecule has 1 unspecified atom stereocenters. The third-order valence-corrected chi connectivity index (χ3v) is 4.96. The fraction of sp³-hybridized carbons (Fsp3) is 0.389. The number of hydrogen-bond acceptors (Lipinski definition) is 6. The summed E-state index contributed by atoms with van der Waals surface area (Å²) >= 11 is 4.24. The largest absolute Gasteiger partial charge is 0.490 e. The predicted molar refractivity (Wildman–Crippen MR) is 104 cm³/mol. The minimum absolute atomic E-state index is 0.0398. The second-order valence-corrected chi connectivity index (χ2v) is 7.68. The normalized spacial score (nSPS) is 17.2. The Kier molecular flexibility index (Phi) is 6.88. The number of halogens is 1. The molecule has 1 fully saturated rings. The van der Waals surface area contributed by atoms with E-state index in [1.54, 1.807) is 31.2 Å². The van der Waals surface area contributed by atoms with Crippen LogP contribution in [0.3, 0.4) is 0 Å². The lowest BCUT2D eigenvalue weighted by Gasteiger charge is -2.19. The van der Waals surface area contributed by atoms with Crippen LogP contribution in [0.25, 0.3) is 6.08 Å². The molecule has 26 heavy (non-hydrogen) atoms. The molecule has 2 amide bonds. The summed E-state index contributed by atoms with van der Waals surface area (Å²) in [7, 11) is 0. The van der Waals surface area contributed by atoms with Gasteiger partial charge in [-0.05, 0) is 79.2 Å². The Balaban J connectivity index is 2.22. The number of hydrogen-bond donors (Lipinski definition) is 0. The number of thioether (sulfide) groups is 1. The van der Waals surface area contributed by atoms with Crippen LogP contribution in [0, 0.1) is 0 Å². The van der Waals surface area contributed by atoms with Crippen molar-refractivity contribution in [1.29, 1.82) is 0 Å². The molecule has 1 heterocycles. The van der Waals surface area contributed by atoms with Gasteiger partial charge in [-0.25, -0.2) is 4.79 Å². The van der Waals surface area contributed by atoms with Crippen LogP contribution in [0.15, 0.2) is 27.6 Å². The summed E-state index contributed by atoms with van der Waals surface area (Å²) in [6, 6.07) is 4.44. The second-order valence-electron chi connectivity index (χ2n) is 5.84. The van der Waals surface area contributed by atoms with Crippen molar-refractivity contribution in [2.75, 3.05) is 6.61 Å². The van der Waals surface area contributed by atoms with Crippen molar-refractivity contribution in [2.45, 2.75) is 39.8 Å². The lowest BCUT2D eigenvalue weighted by atomic mass is 10.2. The number of rotatable bonds is 6. The van der Waals surface area contributed by atoms with Crippen LogP contribution in [0.5, 0.6) is 5.75 Å². The minimum Gasteiger partial charge on any atom is -0.490 e. The summed E-state index contributed by atoms with van der Waals surface area (Å²) in [4.78, 5) is 37.7. The Morgan fingerprint density at radius 1 is 1.31 bits per heavy atom. The van der Waals surface area contributed by atoms with Gasteiger partial charge in [0.1, 0.15) is 11.8 Å². The summed E-state index contributed by atoms with van der Waals surface area (Å²) < 4.78 is 11.3. The number of esters is 1. The van der Waals surface area contributed by atoms with Gasteiger partial charge in [-0.3, -0.25) is 14.5 Å². The first-order valence-electron chi connectivity index (χ1n) is 8.14. The summed E-state index contributed by atoms with van der Waals surface area (Å²) in [5.41, 5.74) is 0.738. The van der Waals surface area contributed by atoms with Crippen molar-refractivity contribution in [1.82, 2.24) is 4.90 Å². The Morgan fingerprint density at radius 2 is 2.00 bits per heavy atom. The van der Waals surface area contributed by atoms with Crippen LogP contribution in [0.2, 0.25) is 0 Å². The molecule has 1 aliphatic rings. The molecule has 1 atom stereocenters. The summed E-state index contributed by atoms with van der Waals surface area (Å²) in [5, 5.41) is -0.486. The van der Waals surface area contributed by atoms with Gasteiger partial charge in [-0.15, -0.1) is 0 Å². The van der Waals surface area contributed by atoms with Gasteiger partial charge in [-0.2, -0.15) is 0 Å². The van der Waals surface area contributed by atoms with Gasteiger partial charge < -0.3 is 9.47 Å². The van der Waals surface area contributed by atoms with Crippen LogP contribution in [0.1, 0.15) is 33.3 Å². The zero-order valence-electron chi connectivity index (χ0n) is 14.9. The highest BCUT2D eigenvalue weighted by atomic mass is 79.9. The number of nitrogens with zero attached hydrogens (tertiary/aromatic N) is 1. The molecule has 8 heteroatoms. The van der Waals surface area contributed by atoms with Gasteiger partial charge in [0.25, 0.3) is 11.1 Å². The topological polar surface area (TPSA) is 72.9 Å². The standard InChI is InChI=1S/C18H20BrNO5S/c1-5-24-17(22)11(4)20-16(21)15(26-18(20)23)9-12-6-7-14(13(19)8-12)25-10(2)3/h6-11H,5H2,1-4H3. The van der Waals surface area contributed by atoms with E-state index in [-0.39, 0.29) is 17.6 Å².